The van der Waals surface area contributed by atoms with E-state index in [1.165, 1.54) is 22.7 Å². The van der Waals surface area contributed by atoms with Crippen LogP contribution in [0.1, 0.15) is 32.1 Å². The zero-order chi connectivity index (χ0) is 17.1. The number of nitrogens with one attached hydrogen (secondary N) is 2. The second-order valence-electron chi connectivity index (χ2n) is 5.04. The first-order chi connectivity index (χ1) is 11.5. The van der Waals surface area contributed by atoms with Gasteiger partial charge < -0.3 is 0 Å². The van der Waals surface area contributed by atoms with Crippen LogP contribution >= 0.6 is 22.7 Å². The molecule has 2 amide bonds. The predicted molar refractivity (Wildman–Crippen MR) is 96.1 cm³/mol. The second kappa shape index (κ2) is 6.90. The molecule has 1 aromatic carbocycles. The zero-order valence-electron chi connectivity index (χ0n) is 13.0. The first-order valence-electron chi connectivity index (χ1n) is 7.09. The summed E-state index contributed by atoms with van der Waals surface area (Å²) in [6.45, 7) is 3.70. The molecule has 0 unspecified atom stereocenters. The van der Waals surface area contributed by atoms with Crippen molar-refractivity contribution in [3.63, 3.8) is 0 Å². The molecule has 2 heterocycles. The monoisotopic (exact) mass is 358 g/mol. The summed E-state index contributed by atoms with van der Waals surface area (Å²) in [6.07, 6.45) is 0. The summed E-state index contributed by atoms with van der Waals surface area (Å²) < 4.78 is 0. The molecule has 3 aromatic rings. The summed E-state index contributed by atoms with van der Waals surface area (Å²) in [6, 6.07) is 6.65. The quantitative estimate of drug-likeness (QED) is 0.744. The minimum atomic E-state index is -0.370. The van der Waals surface area contributed by atoms with Crippen LogP contribution in [0.4, 0.5) is 10.3 Å². The number of amides is 2. The Morgan fingerprint density at radius 1 is 0.833 bits per heavy atom. The molecule has 3 rings (SSSR count). The highest BCUT2D eigenvalue weighted by Crippen LogP contribution is 2.19. The molecular formula is C16H14N4O2S2. The van der Waals surface area contributed by atoms with Gasteiger partial charge in [0.25, 0.3) is 11.8 Å². The van der Waals surface area contributed by atoms with Crippen molar-refractivity contribution >= 4 is 44.8 Å². The van der Waals surface area contributed by atoms with Crippen LogP contribution in [0.2, 0.25) is 0 Å². The van der Waals surface area contributed by atoms with Crippen molar-refractivity contribution in [3.05, 3.63) is 57.5 Å². The van der Waals surface area contributed by atoms with Gasteiger partial charge in [0.15, 0.2) is 10.3 Å². The van der Waals surface area contributed by atoms with Gasteiger partial charge in [-0.3, -0.25) is 20.2 Å². The van der Waals surface area contributed by atoms with Crippen LogP contribution < -0.4 is 10.6 Å². The Morgan fingerprint density at radius 3 is 1.58 bits per heavy atom. The van der Waals surface area contributed by atoms with Gasteiger partial charge in [-0.15, -0.1) is 22.7 Å². The van der Waals surface area contributed by atoms with Gasteiger partial charge in [-0.2, -0.15) is 0 Å². The summed E-state index contributed by atoms with van der Waals surface area (Å²) in [5.74, 6) is -0.740. The largest absolute Gasteiger partial charge is 0.298 e. The maximum Gasteiger partial charge on any atom is 0.258 e. The average Bonchev–Trinajstić information content (AvgIpc) is 3.15. The fourth-order valence-corrected chi connectivity index (χ4v) is 3.40. The maximum atomic E-state index is 12.5. The number of rotatable bonds is 4. The average molecular weight is 358 g/mol. The van der Waals surface area contributed by atoms with Crippen molar-refractivity contribution in [1.82, 2.24) is 9.97 Å². The SMILES string of the molecule is Cc1csc(NC(=O)c2ccccc2C(=O)Nc2nc(C)cs2)n1. The lowest BCUT2D eigenvalue weighted by molar-refractivity contribution is 0.0990. The summed E-state index contributed by atoms with van der Waals surface area (Å²) in [5, 5.41) is 10.1. The van der Waals surface area contributed by atoms with Gasteiger partial charge in [-0.1, -0.05) is 12.1 Å². The van der Waals surface area contributed by atoms with Crippen molar-refractivity contribution in [1.29, 1.82) is 0 Å². The summed E-state index contributed by atoms with van der Waals surface area (Å²) >= 11 is 2.68. The molecule has 0 aliphatic rings. The minimum Gasteiger partial charge on any atom is -0.298 e. The van der Waals surface area contributed by atoms with Gasteiger partial charge in [0, 0.05) is 10.8 Å². The van der Waals surface area contributed by atoms with Crippen LogP contribution in [0.5, 0.6) is 0 Å². The van der Waals surface area contributed by atoms with Gasteiger partial charge in [0.05, 0.1) is 22.5 Å². The maximum absolute atomic E-state index is 12.5. The molecular weight excluding hydrogens is 344 g/mol. The number of aryl methyl sites for hydroxylation is 2. The molecule has 0 spiro atoms. The first-order valence-corrected chi connectivity index (χ1v) is 8.85. The molecule has 0 radical (unpaired) electrons. The Kier molecular flexibility index (Phi) is 4.68. The highest BCUT2D eigenvalue weighted by atomic mass is 32.1. The molecule has 0 atom stereocenters. The Hall–Kier alpha value is -2.58. The van der Waals surface area contributed by atoms with Crippen molar-refractivity contribution in [2.75, 3.05) is 10.6 Å². The predicted octanol–water partition coefficient (Wildman–Crippen LogP) is 3.72. The molecule has 2 N–H and O–H groups in total. The highest BCUT2D eigenvalue weighted by molar-refractivity contribution is 7.14. The van der Waals surface area contributed by atoms with Gasteiger partial charge in [-0.25, -0.2) is 9.97 Å². The van der Waals surface area contributed by atoms with E-state index < -0.39 is 0 Å². The third kappa shape index (κ3) is 3.66. The van der Waals surface area contributed by atoms with Gasteiger partial charge in [0.1, 0.15) is 0 Å². The summed E-state index contributed by atoms with van der Waals surface area (Å²) in [4.78, 5) is 33.3. The highest BCUT2D eigenvalue weighted by Gasteiger charge is 2.18. The van der Waals surface area contributed by atoms with E-state index in [9.17, 15) is 9.59 Å². The van der Waals surface area contributed by atoms with E-state index in [-0.39, 0.29) is 22.9 Å². The molecule has 0 aliphatic carbocycles. The third-order valence-corrected chi connectivity index (χ3v) is 4.85. The smallest absolute Gasteiger partial charge is 0.258 e. The van der Waals surface area contributed by atoms with Gasteiger partial charge >= 0.3 is 0 Å². The molecule has 0 aliphatic heterocycles. The number of anilines is 2. The van der Waals surface area contributed by atoms with Crippen molar-refractivity contribution in [3.8, 4) is 0 Å². The van der Waals surface area contributed by atoms with E-state index in [0.717, 1.165) is 11.4 Å². The molecule has 24 heavy (non-hydrogen) atoms. The summed E-state index contributed by atoms with van der Waals surface area (Å²) in [7, 11) is 0. The topological polar surface area (TPSA) is 84.0 Å². The van der Waals surface area contributed by atoms with Crippen molar-refractivity contribution < 1.29 is 9.59 Å². The van der Waals surface area contributed by atoms with E-state index in [0.29, 0.717) is 10.3 Å². The van der Waals surface area contributed by atoms with Crippen LogP contribution in [-0.4, -0.2) is 21.8 Å². The number of aromatic nitrogens is 2. The van der Waals surface area contributed by atoms with Crippen LogP contribution in [0, 0.1) is 13.8 Å². The third-order valence-electron chi connectivity index (χ3n) is 3.10. The lowest BCUT2D eigenvalue weighted by Crippen LogP contribution is -2.20. The van der Waals surface area contributed by atoms with E-state index >= 15 is 0 Å². The molecule has 0 saturated heterocycles. The number of thiazole rings is 2. The Morgan fingerprint density at radius 2 is 1.25 bits per heavy atom. The molecule has 122 valence electrons. The number of nitrogens with zero attached hydrogens (tertiary/aromatic N) is 2. The molecule has 0 fully saturated rings. The number of hydrogen-bond acceptors (Lipinski definition) is 6. The van der Waals surface area contributed by atoms with Crippen LogP contribution in [-0.2, 0) is 0 Å². The fraction of sp³-hybridized carbons (Fsp3) is 0.125. The molecule has 6 nitrogen and oxygen atoms in total. The van der Waals surface area contributed by atoms with Crippen LogP contribution in [0.15, 0.2) is 35.0 Å². The van der Waals surface area contributed by atoms with Crippen LogP contribution in [0.3, 0.4) is 0 Å². The number of hydrogen-bond donors (Lipinski definition) is 2. The van der Waals surface area contributed by atoms with Gasteiger partial charge in [0.2, 0.25) is 0 Å². The molecule has 0 bridgehead atoms. The summed E-state index contributed by atoms with van der Waals surface area (Å²) in [5.41, 5.74) is 2.24. The van der Waals surface area contributed by atoms with E-state index in [2.05, 4.69) is 20.6 Å². The first kappa shape index (κ1) is 16.3. The Labute approximate surface area is 146 Å². The molecule has 0 saturated carbocycles. The lowest BCUT2D eigenvalue weighted by Gasteiger charge is -2.08. The molecule has 2 aromatic heterocycles. The van der Waals surface area contributed by atoms with Crippen LogP contribution in [0.25, 0.3) is 0 Å². The fourth-order valence-electron chi connectivity index (χ4n) is 2.03. The zero-order valence-corrected chi connectivity index (χ0v) is 14.6. The second-order valence-corrected chi connectivity index (χ2v) is 6.76. The molecule has 8 heteroatoms. The Balaban J connectivity index is 1.81. The lowest BCUT2D eigenvalue weighted by atomic mass is 10.1. The van der Waals surface area contributed by atoms with Crippen molar-refractivity contribution in [2.45, 2.75) is 13.8 Å². The number of carbonyl (C=O) groups is 2. The Bertz CT molecular complexity index is 828. The van der Waals surface area contributed by atoms with Gasteiger partial charge in [-0.05, 0) is 26.0 Å². The van der Waals surface area contributed by atoms with E-state index in [4.69, 9.17) is 0 Å². The van der Waals surface area contributed by atoms with E-state index in [1.54, 1.807) is 24.3 Å². The minimum absolute atomic E-state index is 0.288. The van der Waals surface area contributed by atoms with E-state index in [1.807, 2.05) is 24.6 Å². The number of benzene rings is 1. The normalized spacial score (nSPS) is 10.4. The number of carbonyl (C=O) groups excluding carboxylic acids is 2. The van der Waals surface area contributed by atoms with Crippen molar-refractivity contribution in [2.24, 2.45) is 0 Å². The standard InChI is InChI=1S/C16H14N4O2S2/c1-9-7-23-15(17-9)19-13(21)11-5-3-4-6-12(11)14(22)20-16-18-10(2)8-24-16/h3-8H,1-2H3,(H,17,19,21)(H,18,20,22).